The number of carbonyl (C=O) groups excluding carboxylic acids is 3. The summed E-state index contributed by atoms with van der Waals surface area (Å²) in [6.07, 6.45) is 81.7. The summed E-state index contributed by atoms with van der Waals surface area (Å²) in [7, 11) is 0. The molecule has 1 atom stereocenters. The minimum absolute atomic E-state index is 0.0720. The van der Waals surface area contributed by atoms with E-state index in [-0.39, 0.29) is 31.1 Å². The van der Waals surface area contributed by atoms with E-state index in [4.69, 9.17) is 14.2 Å². The van der Waals surface area contributed by atoms with E-state index in [2.05, 4.69) is 57.2 Å². The van der Waals surface area contributed by atoms with Crippen LogP contribution in [0.5, 0.6) is 0 Å². The first-order chi connectivity index (χ1) is 38.0. The van der Waals surface area contributed by atoms with Crippen molar-refractivity contribution in [1.82, 2.24) is 0 Å². The fourth-order valence-corrected chi connectivity index (χ4v) is 10.4. The summed E-state index contributed by atoms with van der Waals surface area (Å²) in [6, 6.07) is 0. The van der Waals surface area contributed by atoms with Gasteiger partial charge >= 0.3 is 17.9 Å². The fraction of sp³-hybridized carbons (Fsp3) is 0.873. The maximum atomic E-state index is 12.9. The maximum absolute atomic E-state index is 12.9. The fourth-order valence-electron chi connectivity index (χ4n) is 10.4. The first-order valence-electron chi connectivity index (χ1n) is 34.5. The number of carbonyl (C=O) groups is 3. The van der Waals surface area contributed by atoms with Crippen LogP contribution in [0.15, 0.2) is 36.5 Å². The van der Waals surface area contributed by atoms with Gasteiger partial charge in [0.15, 0.2) is 6.10 Å². The molecule has 0 aliphatic heterocycles. The van der Waals surface area contributed by atoms with Crippen molar-refractivity contribution in [3.05, 3.63) is 36.5 Å². The normalized spacial score (nSPS) is 12.2. The summed E-state index contributed by atoms with van der Waals surface area (Å²) in [4.78, 5) is 38.4. The Morgan fingerprint density at radius 3 is 0.740 bits per heavy atom. The molecule has 452 valence electrons. The Labute approximate surface area is 480 Å². The van der Waals surface area contributed by atoms with Gasteiger partial charge in [-0.3, -0.25) is 14.4 Å². The highest BCUT2D eigenvalue weighted by atomic mass is 16.6. The Kier molecular flexibility index (Phi) is 64.1. The summed E-state index contributed by atoms with van der Waals surface area (Å²) in [5, 5.41) is 0. The standard InChI is InChI=1S/C71H132O6/c1-4-7-10-13-16-19-22-25-27-29-31-33-34-35-36-38-39-41-43-46-49-52-55-58-61-64-70(73)76-67-68(66-75-69(72)63-60-57-54-51-48-45-24-21-18-15-12-9-6-3)77-71(74)65-62-59-56-53-50-47-44-42-40-37-32-30-28-26-23-20-17-14-11-8-5-2/h21,23-24,26,30,32,68H,4-20,22,25,27-29,31,33-67H2,1-3H3/b24-21-,26-23-,32-30-. The molecule has 0 rings (SSSR count). The smallest absolute Gasteiger partial charge is 0.306 e. The summed E-state index contributed by atoms with van der Waals surface area (Å²) in [5.74, 6) is -0.859. The number of ether oxygens (including phenoxy) is 3. The van der Waals surface area contributed by atoms with Crippen LogP contribution in [0.1, 0.15) is 380 Å². The molecule has 0 fully saturated rings. The molecule has 0 saturated heterocycles. The predicted octanol–water partition coefficient (Wildman–Crippen LogP) is 23.6. The number of esters is 3. The zero-order chi connectivity index (χ0) is 55.7. The SMILES string of the molecule is CCCCCC/C=C\CCCCCCCC(=O)OCC(COC(=O)CCCCCCCCCCCCCCCCCCCCCCCCCCC)OC(=O)CCCCCCCCCCC/C=C\C/C=C\CCCCCCC. The summed E-state index contributed by atoms with van der Waals surface area (Å²) < 4.78 is 17.0. The molecule has 0 spiro atoms. The number of unbranched alkanes of at least 4 members (excludes halogenated alkanes) is 47. The third-order valence-electron chi connectivity index (χ3n) is 15.6. The van der Waals surface area contributed by atoms with Gasteiger partial charge in [-0.15, -0.1) is 0 Å². The van der Waals surface area contributed by atoms with Crippen molar-refractivity contribution in [2.75, 3.05) is 13.2 Å². The molecule has 0 aromatic carbocycles. The average molecular weight is 1080 g/mol. The number of hydrogen-bond acceptors (Lipinski definition) is 6. The van der Waals surface area contributed by atoms with Crippen LogP contribution in [0.25, 0.3) is 0 Å². The van der Waals surface area contributed by atoms with Crippen molar-refractivity contribution < 1.29 is 28.6 Å². The molecule has 0 radical (unpaired) electrons. The molecule has 0 aromatic rings. The zero-order valence-corrected chi connectivity index (χ0v) is 52.0. The van der Waals surface area contributed by atoms with Crippen LogP contribution in [-0.4, -0.2) is 37.2 Å². The largest absolute Gasteiger partial charge is 0.462 e. The van der Waals surface area contributed by atoms with Crippen molar-refractivity contribution in [2.24, 2.45) is 0 Å². The molecule has 0 bridgehead atoms. The van der Waals surface area contributed by atoms with Crippen LogP contribution in [-0.2, 0) is 28.6 Å². The lowest BCUT2D eigenvalue weighted by Gasteiger charge is -2.18. The summed E-state index contributed by atoms with van der Waals surface area (Å²) >= 11 is 0. The van der Waals surface area contributed by atoms with E-state index in [1.807, 2.05) is 0 Å². The van der Waals surface area contributed by atoms with E-state index in [0.717, 1.165) is 70.6 Å². The minimum atomic E-state index is -0.776. The Hall–Kier alpha value is -2.37. The monoisotopic (exact) mass is 1080 g/mol. The Morgan fingerprint density at radius 2 is 0.468 bits per heavy atom. The van der Waals surface area contributed by atoms with Gasteiger partial charge in [0.2, 0.25) is 0 Å². The zero-order valence-electron chi connectivity index (χ0n) is 52.0. The van der Waals surface area contributed by atoms with Gasteiger partial charge in [0.1, 0.15) is 13.2 Å². The maximum Gasteiger partial charge on any atom is 0.306 e. The van der Waals surface area contributed by atoms with E-state index < -0.39 is 6.10 Å². The molecular weight excluding hydrogens is 949 g/mol. The third-order valence-corrected chi connectivity index (χ3v) is 15.6. The van der Waals surface area contributed by atoms with E-state index >= 15 is 0 Å². The molecule has 0 heterocycles. The van der Waals surface area contributed by atoms with Gasteiger partial charge in [-0.1, -0.05) is 320 Å². The predicted molar refractivity (Wildman–Crippen MR) is 335 cm³/mol. The minimum Gasteiger partial charge on any atom is -0.462 e. The molecule has 0 amide bonds. The Balaban J connectivity index is 4.24. The van der Waals surface area contributed by atoms with Gasteiger partial charge in [-0.05, 0) is 77.0 Å². The van der Waals surface area contributed by atoms with Crippen LogP contribution in [0.4, 0.5) is 0 Å². The van der Waals surface area contributed by atoms with Crippen LogP contribution in [0.2, 0.25) is 0 Å². The second-order valence-electron chi connectivity index (χ2n) is 23.4. The van der Waals surface area contributed by atoms with Crippen molar-refractivity contribution in [1.29, 1.82) is 0 Å². The van der Waals surface area contributed by atoms with Gasteiger partial charge in [0.05, 0.1) is 0 Å². The van der Waals surface area contributed by atoms with Gasteiger partial charge < -0.3 is 14.2 Å². The highest BCUT2D eigenvalue weighted by Gasteiger charge is 2.19. The molecule has 6 heteroatoms. The molecule has 1 unspecified atom stereocenters. The van der Waals surface area contributed by atoms with E-state index in [1.165, 1.54) is 270 Å². The second-order valence-corrected chi connectivity index (χ2v) is 23.4. The van der Waals surface area contributed by atoms with E-state index in [9.17, 15) is 14.4 Å². The first kappa shape index (κ1) is 74.6. The summed E-state index contributed by atoms with van der Waals surface area (Å²) in [6.45, 7) is 6.67. The first-order valence-corrected chi connectivity index (χ1v) is 34.5. The Bertz CT molecular complexity index is 1290. The molecule has 0 N–H and O–H groups in total. The summed E-state index contributed by atoms with van der Waals surface area (Å²) in [5.41, 5.74) is 0. The Morgan fingerprint density at radius 1 is 0.260 bits per heavy atom. The topological polar surface area (TPSA) is 78.9 Å². The molecule has 0 saturated carbocycles. The van der Waals surface area contributed by atoms with Gasteiger partial charge in [0.25, 0.3) is 0 Å². The molecule has 77 heavy (non-hydrogen) atoms. The molecule has 6 nitrogen and oxygen atoms in total. The number of hydrogen-bond donors (Lipinski definition) is 0. The second kappa shape index (κ2) is 66.1. The number of allylic oxidation sites excluding steroid dienone is 6. The molecule has 0 aliphatic rings. The van der Waals surface area contributed by atoms with Crippen LogP contribution in [0.3, 0.4) is 0 Å². The van der Waals surface area contributed by atoms with Gasteiger partial charge in [-0.25, -0.2) is 0 Å². The van der Waals surface area contributed by atoms with Gasteiger partial charge in [0, 0.05) is 19.3 Å². The van der Waals surface area contributed by atoms with Crippen molar-refractivity contribution in [3.63, 3.8) is 0 Å². The van der Waals surface area contributed by atoms with Crippen molar-refractivity contribution >= 4 is 17.9 Å². The lowest BCUT2D eigenvalue weighted by molar-refractivity contribution is -0.167. The quantitative estimate of drug-likeness (QED) is 0.0261. The van der Waals surface area contributed by atoms with Crippen molar-refractivity contribution in [2.45, 2.75) is 386 Å². The lowest BCUT2D eigenvalue weighted by Crippen LogP contribution is -2.30. The third kappa shape index (κ3) is 64.3. The van der Waals surface area contributed by atoms with E-state index in [1.54, 1.807) is 0 Å². The van der Waals surface area contributed by atoms with E-state index in [0.29, 0.717) is 19.3 Å². The average Bonchev–Trinajstić information content (AvgIpc) is 3.43. The highest BCUT2D eigenvalue weighted by Crippen LogP contribution is 2.18. The van der Waals surface area contributed by atoms with Gasteiger partial charge in [-0.2, -0.15) is 0 Å². The molecule has 0 aromatic heterocycles. The van der Waals surface area contributed by atoms with Crippen molar-refractivity contribution in [3.8, 4) is 0 Å². The molecular formula is C71H132O6. The van der Waals surface area contributed by atoms with Crippen LogP contribution >= 0.6 is 0 Å². The highest BCUT2D eigenvalue weighted by molar-refractivity contribution is 5.71. The van der Waals surface area contributed by atoms with Crippen LogP contribution < -0.4 is 0 Å². The lowest BCUT2D eigenvalue weighted by atomic mass is 10.0. The number of rotatable bonds is 64. The van der Waals surface area contributed by atoms with Crippen LogP contribution in [0, 0.1) is 0 Å². The molecule has 0 aliphatic carbocycles.